The van der Waals surface area contributed by atoms with Crippen LogP contribution in [0.15, 0.2) is 20.8 Å². The van der Waals surface area contributed by atoms with E-state index in [1.807, 2.05) is 0 Å². The molecule has 0 rings (SSSR count). The molecule has 0 saturated heterocycles. The molecule has 0 aliphatic carbocycles. The fraction of sp³-hybridized carbons (Fsp3) is 0.333. The molecule has 0 spiro atoms. The van der Waals surface area contributed by atoms with Crippen molar-refractivity contribution in [3.63, 3.8) is 0 Å². The Bertz CT molecular complexity index is 173. The summed E-state index contributed by atoms with van der Waals surface area (Å²) < 4.78 is 0. The molecule has 0 fully saturated rings. The lowest BCUT2D eigenvalue weighted by Gasteiger charge is -1.83. The van der Waals surface area contributed by atoms with Crippen molar-refractivity contribution in [2.24, 2.45) is 20.8 Å². The van der Waals surface area contributed by atoms with Crippen LogP contribution in [0.25, 0.3) is 0 Å². The maximum Gasteiger partial charge on any atom is 0.123 e. The van der Waals surface area contributed by atoms with E-state index in [-0.39, 0.29) is 6.54 Å². The fourth-order valence-electron chi connectivity index (χ4n) is 0.159. The minimum Gasteiger partial charge on any atom is -0.218 e. The van der Waals surface area contributed by atoms with Crippen LogP contribution in [0.1, 0.15) is 0 Å². The summed E-state index contributed by atoms with van der Waals surface area (Å²) >= 11 is 0. The van der Waals surface area contributed by atoms with Gasteiger partial charge >= 0.3 is 0 Å². The molecular formula is C3H4N4O4. The van der Waals surface area contributed by atoms with Gasteiger partial charge in [0.2, 0.25) is 0 Å². The van der Waals surface area contributed by atoms with Crippen molar-refractivity contribution in [2.75, 3.05) is 6.54 Å². The van der Waals surface area contributed by atoms with Gasteiger partial charge < -0.3 is 0 Å². The Balaban J connectivity index is 3.23. The molecule has 0 aliphatic rings. The number of hydrogen-bond acceptors (Lipinski definition) is 6. The summed E-state index contributed by atoms with van der Waals surface area (Å²) in [5.74, 6) is 2.17. The van der Waals surface area contributed by atoms with Gasteiger partial charge in [-0.1, -0.05) is 5.92 Å². The monoisotopic (exact) mass is 160 g/mol. The van der Waals surface area contributed by atoms with Gasteiger partial charge in [0.05, 0.1) is 5.28 Å². The van der Waals surface area contributed by atoms with E-state index in [0.717, 1.165) is 0 Å². The molecule has 0 heterocycles. The Labute approximate surface area is 61.2 Å². The summed E-state index contributed by atoms with van der Waals surface area (Å²) in [5, 5.41) is 25.8. The number of hydrogen-bond donors (Lipinski definition) is 1. The second-order valence-electron chi connectivity index (χ2n) is 0.981. The predicted octanol–water partition coefficient (Wildman–Crippen LogP) is 0.707. The van der Waals surface area contributed by atoms with Crippen molar-refractivity contribution < 1.29 is 20.3 Å². The van der Waals surface area contributed by atoms with Crippen molar-refractivity contribution in [1.82, 2.24) is 0 Å². The molecule has 0 unspecified atom stereocenters. The lowest BCUT2D eigenvalue weighted by Crippen LogP contribution is -1.83. The van der Waals surface area contributed by atoms with Crippen molar-refractivity contribution in [3.8, 4) is 12.3 Å². The first kappa shape index (κ1) is 9.44. The zero-order chi connectivity index (χ0) is 8.36. The molecule has 0 aromatic heterocycles. The van der Waals surface area contributed by atoms with E-state index in [4.69, 9.17) is 11.7 Å². The van der Waals surface area contributed by atoms with Gasteiger partial charge in [0.1, 0.15) is 6.54 Å². The van der Waals surface area contributed by atoms with Crippen LogP contribution in [-0.4, -0.2) is 11.8 Å². The Hall–Kier alpha value is -1.56. The fourth-order valence-corrected chi connectivity index (χ4v) is 0.159. The molecule has 60 valence electrons. The molecule has 0 aromatic rings. The number of terminal acetylenes is 1. The predicted molar refractivity (Wildman–Crippen MR) is 29.3 cm³/mol. The minimum absolute atomic E-state index is 0.0936. The van der Waals surface area contributed by atoms with Gasteiger partial charge in [-0.2, -0.15) is 10.1 Å². The molecule has 11 heavy (non-hydrogen) atoms. The molecule has 0 amide bonds. The van der Waals surface area contributed by atoms with E-state index in [1.54, 1.807) is 0 Å². The van der Waals surface area contributed by atoms with E-state index < -0.39 is 0 Å². The van der Waals surface area contributed by atoms with Crippen LogP contribution in [-0.2, 0) is 15.1 Å². The average Bonchev–Trinajstić information content (AvgIpc) is 2.03. The lowest BCUT2D eigenvalue weighted by molar-refractivity contribution is -0.626. The van der Waals surface area contributed by atoms with E-state index in [1.165, 1.54) is 0 Å². The summed E-state index contributed by atoms with van der Waals surface area (Å²) in [4.78, 5) is 3.64. The summed E-state index contributed by atoms with van der Waals surface area (Å²) in [6.07, 6.45) is 4.81. The van der Waals surface area contributed by atoms with E-state index in [2.05, 4.69) is 41.8 Å². The molecule has 8 nitrogen and oxygen atoms in total. The highest BCUT2D eigenvalue weighted by Crippen LogP contribution is 1.83. The van der Waals surface area contributed by atoms with Gasteiger partial charge in [-0.15, -0.1) is 6.42 Å². The van der Waals surface area contributed by atoms with E-state index in [0.29, 0.717) is 0 Å². The van der Waals surface area contributed by atoms with Gasteiger partial charge in [-0.05, 0) is 10.3 Å². The van der Waals surface area contributed by atoms with Crippen LogP contribution >= 0.6 is 0 Å². The molecular weight excluding hydrogens is 156 g/mol. The molecule has 0 radical (unpaired) electrons. The standard InChI is InChI=1S/C3H4N4O4/c1-2-3-4-5-6-7-9-11-10-8/h1,8H,3H2. The Morgan fingerprint density at radius 1 is 1.45 bits per heavy atom. The highest BCUT2D eigenvalue weighted by molar-refractivity contribution is 4.85. The van der Waals surface area contributed by atoms with Gasteiger partial charge in [-0.3, -0.25) is 0 Å². The van der Waals surface area contributed by atoms with Crippen LogP contribution in [0.4, 0.5) is 0 Å². The maximum atomic E-state index is 7.48. The van der Waals surface area contributed by atoms with Gasteiger partial charge in [-0.25, -0.2) is 5.26 Å². The second-order valence-corrected chi connectivity index (χ2v) is 0.981. The molecule has 0 atom stereocenters. The summed E-state index contributed by atoms with van der Waals surface area (Å²) in [6, 6.07) is 0. The van der Waals surface area contributed by atoms with E-state index >= 15 is 0 Å². The molecule has 0 saturated carbocycles. The molecule has 0 aromatic carbocycles. The first-order valence-corrected chi connectivity index (χ1v) is 2.26. The van der Waals surface area contributed by atoms with Gasteiger partial charge in [0, 0.05) is 10.3 Å². The average molecular weight is 160 g/mol. The smallest absolute Gasteiger partial charge is 0.123 e. The summed E-state index contributed by atoms with van der Waals surface area (Å²) in [7, 11) is 0. The quantitative estimate of drug-likeness (QED) is 0.210. The third kappa shape index (κ3) is 8.44. The van der Waals surface area contributed by atoms with Crippen molar-refractivity contribution in [2.45, 2.75) is 0 Å². The molecule has 8 heteroatoms. The zero-order valence-electron chi connectivity index (χ0n) is 5.25. The van der Waals surface area contributed by atoms with Crippen LogP contribution in [0.3, 0.4) is 0 Å². The Kier molecular flexibility index (Phi) is 7.24. The highest BCUT2D eigenvalue weighted by atomic mass is 17.7. The normalized spacial score (nSPS) is 10.5. The van der Waals surface area contributed by atoms with Crippen LogP contribution in [0.5, 0.6) is 0 Å². The molecule has 0 aliphatic heterocycles. The third-order valence-corrected chi connectivity index (χ3v) is 0.396. The second kappa shape index (κ2) is 8.44. The van der Waals surface area contributed by atoms with Crippen molar-refractivity contribution >= 4 is 0 Å². The largest absolute Gasteiger partial charge is 0.218 e. The lowest BCUT2D eigenvalue weighted by atomic mass is 10.7. The van der Waals surface area contributed by atoms with Gasteiger partial charge in [0.25, 0.3) is 0 Å². The first-order chi connectivity index (χ1) is 5.41. The van der Waals surface area contributed by atoms with Crippen molar-refractivity contribution in [3.05, 3.63) is 0 Å². The maximum absolute atomic E-state index is 7.48. The van der Waals surface area contributed by atoms with Crippen LogP contribution in [0, 0.1) is 12.3 Å². The number of nitrogens with zero attached hydrogens (tertiary/aromatic N) is 4. The number of rotatable bonds is 5. The van der Waals surface area contributed by atoms with Crippen LogP contribution in [0.2, 0.25) is 0 Å². The molecule has 1 N–H and O–H groups in total. The first-order valence-electron chi connectivity index (χ1n) is 2.26. The highest BCUT2D eigenvalue weighted by Gasteiger charge is 1.77. The minimum atomic E-state index is 0.0936. The third-order valence-electron chi connectivity index (χ3n) is 0.396. The van der Waals surface area contributed by atoms with Crippen molar-refractivity contribution in [1.29, 1.82) is 0 Å². The summed E-state index contributed by atoms with van der Waals surface area (Å²) in [6.45, 7) is 0.0936. The molecule has 0 bridgehead atoms. The van der Waals surface area contributed by atoms with Crippen LogP contribution < -0.4 is 0 Å². The zero-order valence-corrected chi connectivity index (χ0v) is 5.25. The Morgan fingerprint density at radius 3 is 2.91 bits per heavy atom. The van der Waals surface area contributed by atoms with E-state index in [9.17, 15) is 0 Å². The SMILES string of the molecule is C#CCN=NN=NOOOO. The Morgan fingerprint density at radius 2 is 2.27 bits per heavy atom. The van der Waals surface area contributed by atoms with Gasteiger partial charge in [0.15, 0.2) is 0 Å². The topological polar surface area (TPSA) is 97.4 Å². The summed E-state index contributed by atoms with van der Waals surface area (Å²) in [5.41, 5.74) is 0.